The molecule has 2 aromatic rings. The molecule has 5 heteroatoms. The number of thioether (sulfide) groups is 1. The molecule has 2 atom stereocenters. The molecule has 0 saturated carbocycles. The molecule has 2 unspecified atom stereocenters. The molecule has 2 N–H and O–H groups in total. The number of halogens is 1. The van der Waals surface area contributed by atoms with Crippen LogP contribution in [0.5, 0.6) is 0 Å². The van der Waals surface area contributed by atoms with Crippen LogP contribution in [0.15, 0.2) is 35.4 Å². The number of benzene rings is 1. The van der Waals surface area contributed by atoms with E-state index in [-0.39, 0.29) is 17.1 Å². The summed E-state index contributed by atoms with van der Waals surface area (Å²) in [6.45, 7) is 3.83. The maximum atomic E-state index is 13.9. The summed E-state index contributed by atoms with van der Waals surface area (Å²) in [5.41, 5.74) is 7.61. The molecule has 3 nitrogen and oxygen atoms in total. The highest BCUT2D eigenvalue weighted by Crippen LogP contribution is 2.38. The van der Waals surface area contributed by atoms with Crippen LogP contribution in [-0.2, 0) is 7.05 Å². The second kappa shape index (κ2) is 5.75. The van der Waals surface area contributed by atoms with Crippen molar-refractivity contribution in [2.75, 3.05) is 0 Å². The highest BCUT2D eigenvalue weighted by Gasteiger charge is 2.22. The summed E-state index contributed by atoms with van der Waals surface area (Å²) in [5.74, 6) is -0.212. The van der Waals surface area contributed by atoms with Crippen molar-refractivity contribution in [3.63, 3.8) is 0 Å². The van der Waals surface area contributed by atoms with Gasteiger partial charge in [0.2, 0.25) is 0 Å². The van der Waals surface area contributed by atoms with Crippen LogP contribution in [0, 0.1) is 12.7 Å². The Labute approximate surface area is 117 Å². The first-order valence-corrected chi connectivity index (χ1v) is 7.04. The van der Waals surface area contributed by atoms with Crippen LogP contribution in [0.2, 0.25) is 0 Å². The second-order valence-corrected chi connectivity index (χ2v) is 5.83. The zero-order chi connectivity index (χ0) is 14.0. The molecule has 0 spiro atoms. The van der Waals surface area contributed by atoms with Crippen LogP contribution in [0.3, 0.4) is 0 Å². The smallest absolute Gasteiger partial charge is 0.127 e. The lowest BCUT2D eigenvalue weighted by molar-refractivity contribution is 0.591. The summed E-state index contributed by atoms with van der Waals surface area (Å²) < 4.78 is 15.7. The number of hydrogen-bond acceptors (Lipinski definition) is 3. The van der Waals surface area contributed by atoms with Gasteiger partial charge in [-0.2, -0.15) is 5.10 Å². The molecule has 1 heterocycles. The summed E-state index contributed by atoms with van der Waals surface area (Å²) in [6, 6.07) is 8.62. The summed E-state index contributed by atoms with van der Waals surface area (Å²) in [5, 5.41) is 5.16. The van der Waals surface area contributed by atoms with Crippen molar-refractivity contribution in [3.8, 4) is 0 Å². The Balaban J connectivity index is 2.32. The maximum Gasteiger partial charge on any atom is 0.127 e. The average Bonchev–Trinajstić information content (AvgIpc) is 2.65. The van der Waals surface area contributed by atoms with Gasteiger partial charge in [0, 0.05) is 18.7 Å². The minimum absolute atomic E-state index is 0.129. The Morgan fingerprint density at radius 3 is 2.58 bits per heavy atom. The van der Waals surface area contributed by atoms with E-state index in [1.54, 1.807) is 28.6 Å². The monoisotopic (exact) mass is 279 g/mol. The number of nitrogens with zero attached hydrogens (tertiary/aromatic N) is 2. The first-order valence-electron chi connectivity index (χ1n) is 6.16. The van der Waals surface area contributed by atoms with E-state index in [2.05, 4.69) is 5.10 Å². The predicted octanol–water partition coefficient (Wildman–Crippen LogP) is 3.05. The van der Waals surface area contributed by atoms with Crippen molar-refractivity contribution in [2.45, 2.75) is 30.2 Å². The van der Waals surface area contributed by atoms with Crippen LogP contribution in [0.25, 0.3) is 0 Å². The van der Waals surface area contributed by atoms with E-state index >= 15 is 0 Å². The topological polar surface area (TPSA) is 43.8 Å². The van der Waals surface area contributed by atoms with Crippen molar-refractivity contribution >= 4 is 11.8 Å². The van der Waals surface area contributed by atoms with E-state index < -0.39 is 0 Å². The standard InChI is InChI=1S/C14H18FN3S/c1-9-8-13(18(3)17-9)19-14(10(2)16)11-6-4-5-7-12(11)15/h4-8,10,14H,16H2,1-3H3. The third-order valence-corrected chi connectivity index (χ3v) is 4.46. The lowest BCUT2D eigenvalue weighted by atomic mass is 10.1. The van der Waals surface area contributed by atoms with E-state index in [0.29, 0.717) is 5.56 Å². The molecule has 102 valence electrons. The third-order valence-electron chi connectivity index (χ3n) is 2.90. The lowest BCUT2D eigenvalue weighted by Crippen LogP contribution is -2.23. The average molecular weight is 279 g/mol. The number of aryl methyl sites for hydroxylation is 2. The molecule has 0 amide bonds. The van der Waals surface area contributed by atoms with E-state index in [4.69, 9.17) is 5.73 Å². The van der Waals surface area contributed by atoms with E-state index in [9.17, 15) is 4.39 Å². The van der Waals surface area contributed by atoms with Gasteiger partial charge in [0.05, 0.1) is 16.0 Å². The van der Waals surface area contributed by atoms with Gasteiger partial charge in [0.25, 0.3) is 0 Å². The molecule has 0 aliphatic rings. The van der Waals surface area contributed by atoms with Crippen molar-refractivity contribution < 1.29 is 4.39 Å². The molecule has 0 fully saturated rings. The molecule has 0 aliphatic heterocycles. The Hall–Kier alpha value is -1.33. The van der Waals surface area contributed by atoms with Gasteiger partial charge in [-0.15, -0.1) is 0 Å². The Bertz CT molecular complexity index is 566. The number of rotatable bonds is 4. The predicted molar refractivity (Wildman–Crippen MR) is 76.6 cm³/mol. The van der Waals surface area contributed by atoms with Crippen LogP contribution < -0.4 is 5.73 Å². The Kier molecular flexibility index (Phi) is 4.27. The largest absolute Gasteiger partial charge is 0.327 e. The van der Waals surface area contributed by atoms with Gasteiger partial charge < -0.3 is 5.73 Å². The highest BCUT2D eigenvalue weighted by molar-refractivity contribution is 7.99. The Morgan fingerprint density at radius 2 is 2.05 bits per heavy atom. The molecular formula is C14H18FN3S. The lowest BCUT2D eigenvalue weighted by Gasteiger charge is -2.21. The van der Waals surface area contributed by atoms with Crippen molar-refractivity contribution in [2.24, 2.45) is 12.8 Å². The van der Waals surface area contributed by atoms with Crippen LogP contribution in [0.1, 0.15) is 23.4 Å². The van der Waals surface area contributed by atoms with E-state index in [0.717, 1.165) is 10.7 Å². The first kappa shape index (κ1) is 14.1. The SMILES string of the molecule is Cc1cc(SC(c2ccccc2F)C(C)N)n(C)n1. The Morgan fingerprint density at radius 1 is 1.37 bits per heavy atom. The number of aromatic nitrogens is 2. The van der Waals surface area contributed by atoms with Crippen molar-refractivity contribution in [1.29, 1.82) is 0 Å². The minimum Gasteiger partial charge on any atom is -0.327 e. The molecule has 1 aromatic carbocycles. The molecule has 0 aliphatic carbocycles. The summed E-state index contributed by atoms with van der Waals surface area (Å²) >= 11 is 1.55. The minimum atomic E-state index is -0.212. The number of hydrogen-bond donors (Lipinski definition) is 1. The van der Waals surface area contributed by atoms with Crippen LogP contribution in [0.4, 0.5) is 4.39 Å². The van der Waals surface area contributed by atoms with Gasteiger partial charge in [-0.3, -0.25) is 4.68 Å². The fourth-order valence-electron chi connectivity index (χ4n) is 1.99. The summed E-state index contributed by atoms with van der Waals surface area (Å²) in [4.78, 5) is 0. The first-order chi connectivity index (χ1) is 8.99. The van der Waals surface area contributed by atoms with Gasteiger partial charge >= 0.3 is 0 Å². The third kappa shape index (κ3) is 3.16. The molecule has 0 radical (unpaired) electrons. The van der Waals surface area contributed by atoms with E-state index in [1.165, 1.54) is 6.07 Å². The zero-order valence-electron chi connectivity index (χ0n) is 11.3. The van der Waals surface area contributed by atoms with Gasteiger partial charge in [0.1, 0.15) is 5.82 Å². The van der Waals surface area contributed by atoms with Crippen molar-refractivity contribution in [3.05, 3.63) is 47.4 Å². The molecule has 2 rings (SSSR count). The second-order valence-electron chi connectivity index (χ2n) is 4.67. The van der Waals surface area contributed by atoms with E-state index in [1.807, 2.05) is 33.0 Å². The molecule has 1 aromatic heterocycles. The summed E-state index contributed by atoms with van der Waals surface area (Å²) in [6.07, 6.45) is 0. The quantitative estimate of drug-likeness (QED) is 0.875. The normalized spacial score (nSPS) is 14.4. The summed E-state index contributed by atoms with van der Waals surface area (Å²) in [7, 11) is 1.88. The fraction of sp³-hybridized carbons (Fsp3) is 0.357. The van der Waals surface area contributed by atoms with Crippen LogP contribution >= 0.6 is 11.8 Å². The molecule has 0 bridgehead atoms. The highest BCUT2D eigenvalue weighted by atomic mass is 32.2. The van der Waals surface area contributed by atoms with Gasteiger partial charge in [-0.25, -0.2) is 4.39 Å². The van der Waals surface area contributed by atoms with Gasteiger partial charge in [-0.05, 0) is 26.0 Å². The maximum absolute atomic E-state index is 13.9. The number of nitrogens with two attached hydrogens (primary N) is 1. The molecule has 0 saturated heterocycles. The molecule has 19 heavy (non-hydrogen) atoms. The zero-order valence-corrected chi connectivity index (χ0v) is 12.1. The molecular weight excluding hydrogens is 261 g/mol. The van der Waals surface area contributed by atoms with Gasteiger partial charge in [0.15, 0.2) is 0 Å². The fourth-order valence-corrected chi connectivity index (χ4v) is 3.21. The van der Waals surface area contributed by atoms with Crippen LogP contribution in [-0.4, -0.2) is 15.8 Å². The van der Waals surface area contributed by atoms with Gasteiger partial charge in [-0.1, -0.05) is 30.0 Å². The van der Waals surface area contributed by atoms with Crippen molar-refractivity contribution in [1.82, 2.24) is 9.78 Å².